The van der Waals surface area contributed by atoms with Crippen LogP contribution in [0, 0.1) is 17.0 Å². The number of nitrogens with zero attached hydrogens (tertiary/aromatic N) is 3. The number of non-ortho nitro benzene ring substituents is 1. The van der Waals surface area contributed by atoms with E-state index in [0.29, 0.717) is 17.1 Å². The van der Waals surface area contributed by atoms with Gasteiger partial charge >= 0.3 is 0 Å². The van der Waals surface area contributed by atoms with Crippen molar-refractivity contribution >= 4 is 5.69 Å². The Bertz CT molecular complexity index is 558. The van der Waals surface area contributed by atoms with Crippen LogP contribution in [0.3, 0.4) is 0 Å². The summed E-state index contributed by atoms with van der Waals surface area (Å²) >= 11 is 0. The van der Waals surface area contributed by atoms with E-state index >= 15 is 0 Å². The molecule has 0 N–H and O–H groups in total. The Hall–Kier alpha value is -2.50. The molecule has 0 aliphatic rings. The molecule has 1 aromatic carbocycles. The van der Waals surface area contributed by atoms with Gasteiger partial charge in [-0.05, 0) is 24.6 Å². The number of benzene rings is 1. The van der Waals surface area contributed by atoms with Crippen LogP contribution >= 0.6 is 0 Å². The van der Waals surface area contributed by atoms with Gasteiger partial charge in [-0.15, -0.1) is 0 Å². The molecular formula is C12H11N3O3. The number of nitro benzene ring substituents is 1. The second-order valence-corrected chi connectivity index (χ2v) is 3.66. The molecule has 1 aromatic heterocycles. The summed E-state index contributed by atoms with van der Waals surface area (Å²) in [6.45, 7) is 1.99. The Morgan fingerprint density at radius 1 is 1.33 bits per heavy atom. The molecule has 0 aliphatic carbocycles. The standard InChI is InChI=1S/C12H11N3O3/c1-9-7-10(15(16)17)3-4-11(9)18-8-12-13-5-2-6-14-12/h2-7H,8H2,1H3. The Labute approximate surface area is 103 Å². The van der Waals surface area contributed by atoms with Crippen LogP contribution in [-0.2, 0) is 6.61 Å². The van der Waals surface area contributed by atoms with Gasteiger partial charge in [-0.3, -0.25) is 10.1 Å². The fraction of sp³-hybridized carbons (Fsp3) is 0.167. The van der Waals surface area contributed by atoms with Gasteiger partial charge in [0.1, 0.15) is 12.4 Å². The first kappa shape index (κ1) is 12.0. The number of hydrogen-bond acceptors (Lipinski definition) is 5. The lowest BCUT2D eigenvalue weighted by molar-refractivity contribution is -0.384. The van der Waals surface area contributed by atoms with Crippen molar-refractivity contribution in [1.82, 2.24) is 9.97 Å². The van der Waals surface area contributed by atoms with E-state index in [1.165, 1.54) is 12.1 Å². The predicted octanol–water partition coefficient (Wildman–Crippen LogP) is 2.27. The minimum Gasteiger partial charge on any atom is -0.485 e. The summed E-state index contributed by atoms with van der Waals surface area (Å²) in [7, 11) is 0. The molecule has 0 unspecified atom stereocenters. The largest absolute Gasteiger partial charge is 0.485 e. The van der Waals surface area contributed by atoms with Crippen LogP contribution in [0.1, 0.15) is 11.4 Å². The van der Waals surface area contributed by atoms with Gasteiger partial charge in [0.05, 0.1) is 4.92 Å². The molecule has 18 heavy (non-hydrogen) atoms. The summed E-state index contributed by atoms with van der Waals surface area (Å²) in [6.07, 6.45) is 3.27. The maximum Gasteiger partial charge on any atom is 0.269 e. The molecule has 1 heterocycles. The highest BCUT2D eigenvalue weighted by Crippen LogP contribution is 2.23. The van der Waals surface area contributed by atoms with Gasteiger partial charge < -0.3 is 4.74 Å². The Morgan fingerprint density at radius 3 is 2.67 bits per heavy atom. The normalized spacial score (nSPS) is 10.1. The molecule has 0 saturated heterocycles. The van der Waals surface area contributed by atoms with Crippen molar-refractivity contribution in [3.8, 4) is 5.75 Å². The monoisotopic (exact) mass is 245 g/mol. The molecular weight excluding hydrogens is 234 g/mol. The Morgan fingerprint density at radius 2 is 2.06 bits per heavy atom. The molecule has 6 heteroatoms. The average molecular weight is 245 g/mol. The fourth-order valence-corrected chi connectivity index (χ4v) is 1.46. The van der Waals surface area contributed by atoms with Crippen molar-refractivity contribution in [3.63, 3.8) is 0 Å². The smallest absolute Gasteiger partial charge is 0.269 e. The molecule has 0 saturated carbocycles. The lowest BCUT2D eigenvalue weighted by atomic mass is 10.2. The molecule has 0 radical (unpaired) electrons. The Kier molecular flexibility index (Phi) is 3.47. The molecule has 6 nitrogen and oxygen atoms in total. The fourth-order valence-electron chi connectivity index (χ4n) is 1.46. The van der Waals surface area contributed by atoms with Crippen LogP contribution in [0.25, 0.3) is 0 Å². The van der Waals surface area contributed by atoms with E-state index in [-0.39, 0.29) is 12.3 Å². The van der Waals surface area contributed by atoms with Gasteiger partial charge in [0.25, 0.3) is 5.69 Å². The van der Waals surface area contributed by atoms with E-state index in [1.807, 2.05) is 0 Å². The first-order valence-electron chi connectivity index (χ1n) is 5.30. The molecule has 0 atom stereocenters. The number of ether oxygens (including phenoxy) is 1. The molecule has 2 aromatic rings. The second-order valence-electron chi connectivity index (χ2n) is 3.66. The number of nitro groups is 1. The highest BCUT2D eigenvalue weighted by molar-refractivity contribution is 5.42. The highest BCUT2D eigenvalue weighted by atomic mass is 16.6. The van der Waals surface area contributed by atoms with E-state index in [1.54, 1.807) is 31.5 Å². The van der Waals surface area contributed by atoms with Crippen molar-refractivity contribution < 1.29 is 9.66 Å². The van der Waals surface area contributed by atoms with Crippen LogP contribution in [0.15, 0.2) is 36.7 Å². The zero-order valence-electron chi connectivity index (χ0n) is 9.74. The van der Waals surface area contributed by atoms with E-state index < -0.39 is 4.92 Å². The summed E-state index contributed by atoms with van der Waals surface area (Å²) in [5.74, 6) is 1.16. The lowest BCUT2D eigenvalue weighted by Crippen LogP contribution is -2.01. The molecule has 0 fully saturated rings. The molecule has 0 amide bonds. The van der Waals surface area contributed by atoms with Gasteiger partial charge in [-0.25, -0.2) is 9.97 Å². The number of aromatic nitrogens is 2. The number of rotatable bonds is 4. The van der Waals surface area contributed by atoms with Gasteiger partial charge in [-0.2, -0.15) is 0 Å². The SMILES string of the molecule is Cc1cc([N+](=O)[O-])ccc1OCc1ncccn1. The second kappa shape index (κ2) is 5.22. The van der Waals surface area contributed by atoms with Gasteiger partial charge in [0.15, 0.2) is 5.82 Å². The minimum atomic E-state index is -0.433. The summed E-state index contributed by atoms with van der Waals surface area (Å²) < 4.78 is 5.51. The molecule has 0 bridgehead atoms. The topological polar surface area (TPSA) is 78.2 Å². The molecule has 0 spiro atoms. The maximum atomic E-state index is 10.6. The van der Waals surface area contributed by atoms with Crippen LogP contribution < -0.4 is 4.74 Å². The van der Waals surface area contributed by atoms with Gasteiger partial charge in [0.2, 0.25) is 0 Å². The Balaban J connectivity index is 2.08. The first-order chi connectivity index (χ1) is 8.66. The molecule has 0 aliphatic heterocycles. The van der Waals surface area contributed by atoms with Crippen molar-refractivity contribution in [1.29, 1.82) is 0 Å². The molecule has 92 valence electrons. The molecule has 2 rings (SSSR count). The van der Waals surface area contributed by atoms with Crippen LogP contribution in [0.5, 0.6) is 5.75 Å². The third-order valence-electron chi connectivity index (χ3n) is 2.35. The summed E-state index contributed by atoms with van der Waals surface area (Å²) in [5.41, 5.74) is 0.760. The summed E-state index contributed by atoms with van der Waals surface area (Å²) in [5, 5.41) is 10.6. The predicted molar refractivity (Wildman–Crippen MR) is 64.2 cm³/mol. The maximum absolute atomic E-state index is 10.6. The summed E-state index contributed by atoms with van der Waals surface area (Å²) in [6, 6.07) is 6.19. The van der Waals surface area contributed by atoms with E-state index in [0.717, 1.165) is 0 Å². The van der Waals surface area contributed by atoms with Crippen LogP contribution in [0.2, 0.25) is 0 Å². The average Bonchev–Trinajstić information content (AvgIpc) is 2.38. The van der Waals surface area contributed by atoms with Gasteiger partial charge in [-0.1, -0.05) is 0 Å². The van der Waals surface area contributed by atoms with Gasteiger partial charge in [0, 0.05) is 24.5 Å². The van der Waals surface area contributed by atoms with E-state index in [2.05, 4.69) is 9.97 Å². The van der Waals surface area contributed by atoms with Crippen LogP contribution in [0.4, 0.5) is 5.69 Å². The summed E-state index contributed by atoms with van der Waals surface area (Å²) in [4.78, 5) is 18.2. The van der Waals surface area contributed by atoms with Crippen molar-refractivity contribution in [2.75, 3.05) is 0 Å². The van der Waals surface area contributed by atoms with Crippen LogP contribution in [-0.4, -0.2) is 14.9 Å². The minimum absolute atomic E-state index is 0.0517. The third-order valence-corrected chi connectivity index (χ3v) is 2.35. The number of aryl methyl sites for hydroxylation is 1. The van der Waals surface area contributed by atoms with Crippen molar-refractivity contribution in [2.45, 2.75) is 13.5 Å². The van der Waals surface area contributed by atoms with Crippen molar-refractivity contribution in [3.05, 3.63) is 58.2 Å². The zero-order chi connectivity index (χ0) is 13.0. The number of hydrogen-bond donors (Lipinski definition) is 0. The quantitative estimate of drug-likeness (QED) is 0.609. The zero-order valence-corrected chi connectivity index (χ0v) is 9.74. The lowest BCUT2D eigenvalue weighted by Gasteiger charge is -2.07. The third kappa shape index (κ3) is 2.79. The van der Waals surface area contributed by atoms with E-state index in [9.17, 15) is 10.1 Å². The van der Waals surface area contributed by atoms with Crippen molar-refractivity contribution in [2.24, 2.45) is 0 Å². The highest BCUT2D eigenvalue weighted by Gasteiger charge is 2.09. The van der Waals surface area contributed by atoms with E-state index in [4.69, 9.17) is 4.74 Å². The first-order valence-corrected chi connectivity index (χ1v) is 5.30.